The van der Waals surface area contributed by atoms with E-state index in [0.717, 1.165) is 19.4 Å². The number of hydrogen-bond acceptors (Lipinski definition) is 9. The van der Waals surface area contributed by atoms with E-state index < -0.39 is 29.9 Å². The molecule has 170 valence electrons. The fourth-order valence-corrected chi connectivity index (χ4v) is 4.94. The average Bonchev–Trinajstić information content (AvgIpc) is 3.31. The van der Waals surface area contributed by atoms with E-state index in [2.05, 4.69) is 41.4 Å². The fraction of sp³-hybridized carbons (Fsp3) is 0.750. The molecule has 0 unspecified atom stereocenters. The molecule has 2 fully saturated rings. The number of fused-ring (bicyclic) bond motifs is 2. The highest BCUT2D eigenvalue weighted by Crippen LogP contribution is 2.47. The number of thioether (sulfide) groups is 1. The highest BCUT2D eigenvalue weighted by molar-refractivity contribution is 7.99. The van der Waals surface area contributed by atoms with Gasteiger partial charge in [0.15, 0.2) is 27.9 Å². The molecule has 2 aromatic heterocycles. The Hall–Kier alpha value is -1.98. The molecule has 0 bridgehead atoms. The molecular formula is C20H30N6O4S. The van der Waals surface area contributed by atoms with Gasteiger partial charge in [-0.3, -0.25) is 4.79 Å². The summed E-state index contributed by atoms with van der Waals surface area (Å²) >= 11 is 1.56. The van der Waals surface area contributed by atoms with Gasteiger partial charge < -0.3 is 19.9 Å². The molecule has 1 aliphatic heterocycles. The lowest BCUT2D eigenvalue weighted by Gasteiger charge is -2.22. The van der Waals surface area contributed by atoms with Crippen LogP contribution in [-0.4, -0.2) is 65.8 Å². The largest absolute Gasteiger partial charge is 0.481 e. The van der Waals surface area contributed by atoms with Crippen LogP contribution in [0.4, 0.5) is 5.82 Å². The van der Waals surface area contributed by atoms with Crippen molar-refractivity contribution in [3.05, 3.63) is 0 Å². The number of ether oxygens (including phenoxy) is 2. The van der Waals surface area contributed by atoms with Gasteiger partial charge in [0.05, 0.1) is 12.0 Å². The molecule has 4 atom stereocenters. The lowest BCUT2D eigenvalue weighted by Crippen LogP contribution is -2.30. The Morgan fingerprint density at radius 2 is 2.06 bits per heavy atom. The van der Waals surface area contributed by atoms with E-state index in [1.165, 1.54) is 0 Å². The Balaban J connectivity index is 1.75. The molecule has 2 aromatic rings. The van der Waals surface area contributed by atoms with E-state index in [1.807, 2.05) is 0 Å². The molecule has 2 aliphatic rings. The summed E-state index contributed by atoms with van der Waals surface area (Å²) in [6, 6.07) is -0.340. The Morgan fingerprint density at radius 3 is 2.74 bits per heavy atom. The first-order valence-electron chi connectivity index (χ1n) is 10.8. The predicted octanol–water partition coefficient (Wildman–Crippen LogP) is 3.10. The van der Waals surface area contributed by atoms with Crippen molar-refractivity contribution in [2.45, 2.75) is 88.3 Å². The number of hydrogen-bond donors (Lipinski definition) is 2. The number of aliphatic carboxylic acids is 1. The molecule has 1 saturated carbocycles. The van der Waals surface area contributed by atoms with Crippen molar-refractivity contribution in [3.63, 3.8) is 0 Å². The van der Waals surface area contributed by atoms with Crippen molar-refractivity contribution < 1.29 is 19.4 Å². The second-order valence-electron chi connectivity index (χ2n) is 8.82. The first kappa shape index (κ1) is 22.2. The minimum Gasteiger partial charge on any atom is -0.481 e. The monoisotopic (exact) mass is 450 g/mol. The van der Waals surface area contributed by atoms with E-state index >= 15 is 0 Å². The van der Waals surface area contributed by atoms with E-state index in [9.17, 15) is 9.90 Å². The molecule has 4 rings (SSSR count). The Bertz CT molecular complexity index is 965. The van der Waals surface area contributed by atoms with Crippen LogP contribution in [0.2, 0.25) is 0 Å². The van der Waals surface area contributed by atoms with Crippen molar-refractivity contribution in [1.29, 1.82) is 0 Å². The Kier molecular flexibility index (Phi) is 6.10. The summed E-state index contributed by atoms with van der Waals surface area (Å²) in [7, 11) is 0. The van der Waals surface area contributed by atoms with E-state index in [0.29, 0.717) is 33.8 Å². The van der Waals surface area contributed by atoms with Gasteiger partial charge in [-0.1, -0.05) is 44.2 Å². The normalized spacial score (nSPS) is 27.2. The lowest BCUT2D eigenvalue weighted by molar-refractivity contribution is -0.168. The summed E-state index contributed by atoms with van der Waals surface area (Å²) in [5.74, 6) is -1.76. The van der Waals surface area contributed by atoms with Gasteiger partial charge in [-0.05, 0) is 26.7 Å². The molecule has 3 heterocycles. The number of carboxylic acids is 1. The van der Waals surface area contributed by atoms with Gasteiger partial charge in [0.25, 0.3) is 0 Å². The lowest BCUT2D eigenvalue weighted by atomic mass is 10.1. The zero-order valence-electron chi connectivity index (χ0n) is 18.5. The Labute approximate surface area is 185 Å². The van der Waals surface area contributed by atoms with Crippen LogP contribution >= 0.6 is 11.8 Å². The van der Waals surface area contributed by atoms with Crippen LogP contribution in [0.15, 0.2) is 5.16 Å². The van der Waals surface area contributed by atoms with Crippen LogP contribution in [0.5, 0.6) is 0 Å². The molecule has 0 aromatic carbocycles. The van der Waals surface area contributed by atoms with Crippen LogP contribution < -0.4 is 5.32 Å². The van der Waals surface area contributed by atoms with E-state index in [-0.39, 0.29) is 6.04 Å². The summed E-state index contributed by atoms with van der Waals surface area (Å²) < 4.78 is 13.7. The maximum atomic E-state index is 11.9. The molecule has 1 saturated heterocycles. The topological polar surface area (TPSA) is 124 Å². The SMILES string of the molecule is CCCCNc1nc(SC(C)C)nc2c1nnn2[C@@H]1C[C@H](C(=O)O)[C@H]2OC(C)(C)O[C@H]21. The summed E-state index contributed by atoms with van der Waals surface area (Å²) in [5.41, 5.74) is 1.16. The zero-order chi connectivity index (χ0) is 22.3. The van der Waals surface area contributed by atoms with Crippen LogP contribution in [-0.2, 0) is 14.3 Å². The number of nitrogens with one attached hydrogen (secondary N) is 1. The molecular weight excluding hydrogens is 420 g/mol. The van der Waals surface area contributed by atoms with Gasteiger partial charge in [-0.2, -0.15) is 0 Å². The highest BCUT2D eigenvalue weighted by Gasteiger charge is 2.57. The second kappa shape index (κ2) is 8.51. The van der Waals surface area contributed by atoms with Crippen molar-refractivity contribution >= 4 is 34.7 Å². The molecule has 0 spiro atoms. The maximum Gasteiger partial charge on any atom is 0.309 e. The smallest absolute Gasteiger partial charge is 0.309 e. The number of anilines is 1. The van der Waals surface area contributed by atoms with E-state index in [1.54, 1.807) is 30.3 Å². The minimum absolute atomic E-state index is 0.310. The third-order valence-electron chi connectivity index (χ3n) is 5.53. The highest BCUT2D eigenvalue weighted by atomic mass is 32.2. The first-order valence-corrected chi connectivity index (χ1v) is 11.7. The van der Waals surface area contributed by atoms with Gasteiger partial charge in [0, 0.05) is 11.8 Å². The summed E-state index contributed by atoms with van der Waals surface area (Å²) in [4.78, 5) is 21.3. The minimum atomic E-state index is -0.893. The maximum absolute atomic E-state index is 11.9. The zero-order valence-corrected chi connectivity index (χ0v) is 19.3. The van der Waals surface area contributed by atoms with Crippen molar-refractivity contribution in [3.8, 4) is 0 Å². The number of carboxylic acid groups (broad SMARTS) is 1. The van der Waals surface area contributed by atoms with Gasteiger partial charge in [-0.15, -0.1) is 5.10 Å². The number of nitrogens with zero attached hydrogens (tertiary/aromatic N) is 5. The van der Waals surface area contributed by atoms with Crippen molar-refractivity contribution in [2.24, 2.45) is 5.92 Å². The summed E-state index contributed by atoms with van der Waals surface area (Å²) in [6.07, 6.45) is 1.45. The van der Waals surface area contributed by atoms with E-state index in [4.69, 9.17) is 14.5 Å². The molecule has 2 N–H and O–H groups in total. The fourth-order valence-electron chi connectivity index (χ4n) is 4.24. The predicted molar refractivity (Wildman–Crippen MR) is 116 cm³/mol. The third-order valence-corrected chi connectivity index (χ3v) is 6.40. The standard InChI is InChI=1S/C20H30N6O4S/c1-6-7-8-21-16-13-17(23-19(22-16)31-10(2)3)26(25-24-13)12-9-11(18(27)28)14-15(12)30-20(4,5)29-14/h10-12,14-15H,6-9H2,1-5H3,(H,27,28)(H,21,22,23)/t11-,12+,14+,15-/m0/s1. The molecule has 10 nitrogen and oxygen atoms in total. The molecule has 31 heavy (non-hydrogen) atoms. The van der Waals surface area contributed by atoms with Crippen LogP contribution in [0.1, 0.15) is 59.9 Å². The second-order valence-corrected chi connectivity index (χ2v) is 10.4. The summed E-state index contributed by atoms with van der Waals surface area (Å²) in [5, 5.41) is 22.8. The molecule has 0 amide bonds. The number of unbranched alkanes of at least 4 members (excludes halogenated alkanes) is 1. The van der Waals surface area contributed by atoms with Crippen molar-refractivity contribution in [1.82, 2.24) is 25.0 Å². The third kappa shape index (κ3) is 4.35. The van der Waals surface area contributed by atoms with Gasteiger partial charge in [0.1, 0.15) is 12.2 Å². The quantitative estimate of drug-likeness (QED) is 0.352. The Morgan fingerprint density at radius 1 is 1.32 bits per heavy atom. The van der Waals surface area contributed by atoms with Gasteiger partial charge >= 0.3 is 5.97 Å². The van der Waals surface area contributed by atoms with Gasteiger partial charge in [-0.25, -0.2) is 14.6 Å². The van der Waals surface area contributed by atoms with Gasteiger partial charge in [0.2, 0.25) is 0 Å². The molecule has 0 radical (unpaired) electrons. The average molecular weight is 451 g/mol. The van der Waals surface area contributed by atoms with Crippen molar-refractivity contribution in [2.75, 3.05) is 11.9 Å². The first-order chi connectivity index (χ1) is 14.7. The van der Waals surface area contributed by atoms with Crippen LogP contribution in [0.3, 0.4) is 0 Å². The summed E-state index contributed by atoms with van der Waals surface area (Å²) in [6.45, 7) is 10.7. The number of carbonyl (C=O) groups is 1. The number of aromatic nitrogens is 5. The molecule has 11 heteroatoms. The van der Waals surface area contributed by atoms with Crippen LogP contribution in [0, 0.1) is 5.92 Å². The van der Waals surface area contributed by atoms with Crippen LogP contribution in [0.25, 0.3) is 11.2 Å². The molecule has 1 aliphatic carbocycles. The number of rotatable bonds is 8.